The van der Waals surface area contributed by atoms with E-state index in [9.17, 15) is 9.18 Å². The van der Waals surface area contributed by atoms with E-state index in [1.807, 2.05) is 0 Å². The Bertz CT molecular complexity index is 908. The Hall–Kier alpha value is -2.44. The molecule has 2 aromatic carbocycles. The molecule has 0 aliphatic carbocycles. The summed E-state index contributed by atoms with van der Waals surface area (Å²) in [5.74, 6) is -0.215. The van der Waals surface area contributed by atoms with Crippen LogP contribution in [0.4, 0.5) is 16.0 Å². The largest absolute Gasteiger partial charge is 0.322 e. The standard InChI is InChI=1S/C16H11Cl2FN4O/c17-11-2-1-3-12(18)14(11)20-16-21-15(24)13(22-23-16)8-9-4-6-10(19)7-5-9/h1-7H,8H2,(H2,20,21,23,24). The van der Waals surface area contributed by atoms with Gasteiger partial charge in [-0.25, -0.2) is 4.39 Å². The summed E-state index contributed by atoms with van der Waals surface area (Å²) in [6.07, 6.45) is 0.246. The highest BCUT2D eigenvalue weighted by molar-refractivity contribution is 6.39. The van der Waals surface area contributed by atoms with E-state index in [4.69, 9.17) is 23.2 Å². The van der Waals surface area contributed by atoms with Gasteiger partial charge in [-0.1, -0.05) is 41.4 Å². The minimum absolute atomic E-state index is 0.123. The Balaban J connectivity index is 1.82. The fraction of sp³-hybridized carbons (Fsp3) is 0.0625. The second-order valence-corrected chi connectivity index (χ2v) is 5.79. The van der Waals surface area contributed by atoms with Crippen LogP contribution in [0.25, 0.3) is 0 Å². The third-order valence-electron chi connectivity index (χ3n) is 3.26. The molecule has 2 N–H and O–H groups in total. The highest BCUT2D eigenvalue weighted by Crippen LogP contribution is 2.31. The van der Waals surface area contributed by atoms with Crippen molar-refractivity contribution in [1.29, 1.82) is 0 Å². The van der Waals surface area contributed by atoms with E-state index in [-0.39, 0.29) is 23.9 Å². The fourth-order valence-corrected chi connectivity index (χ4v) is 2.56. The Morgan fingerprint density at radius 3 is 2.33 bits per heavy atom. The van der Waals surface area contributed by atoms with E-state index in [2.05, 4.69) is 20.5 Å². The number of aromatic nitrogens is 3. The predicted molar refractivity (Wildman–Crippen MR) is 91.6 cm³/mol. The van der Waals surface area contributed by atoms with Crippen LogP contribution in [-0.2, 0) is 6.42 Å². The van der Waals surface area contributed by atoms with Crippen molar-refractivity contribution in [3.8, 4) is 0 Å². The lowest BCUT2D eigenvalue weighted by Crippen LogP contribution is -2.19. The van der Waals surface area contributed by atoms with Gasteiger partial charge in [-0.2, -0.15) is 0 Å². The first kappa shape index (κ1) is 16.4. The summed E-state index contributed by atoms with van der Waals surface area (Å²) in [4.78, 5) is 14.7. The highest BCUT2D eigenvalue weighted by Gasteiger charge is 2.10. The zero-order chi connectivity index (χ0) is 17.1. The molecule has 1 aromatic heterocycles. The van der Waals surface area contributed by atoms with Crippen LogP contribution in [0.2, 0.25) is 10.0 Å². The maximum absolute atomic E-state index is 12.9. The lowest BCUT2D eigenvalue weighted by Gasteiger charge is -2.09. The predicted octanol–water partition coefficient (Wildman–Crippen LogP) is 3.95. The number of nitrogens with one attached hydrogen (secondary N) is 2. The van der Waals surface area contributed by atoms with Gasteiger partial charge in [-0.15, -0.1) is 10.2 Å². The van der Waals surface area contributed by atoms with Crippen molar-refractivity contribution in [2.45, 2.75) is 6.42 Å². The number of rotatable bonds is 4. The first-order valence-electron chi connectivity index (χ1n) is 6.94. The number of hydrogen-bond acceptors (Lipinski definition) is 4. The van der Waals surface area contributed by atoms with E-state index in [1.165, 1.54) is 12.1 Å². The molecule has 24 heavy (non-hydrogen) atoms. The van der Waals surface area contributed by atoms with Gasteiger partial charge in [-0.3, -0.25) is 9.78 Å². The van der Waals surface area contributed by atoms with E-state index < -0.39 is 5.56 Å². The summed E-state index contributed by atoms with van der Waals surface area (Å²) in [5, 5.41) is 11.5. The van der Waals surface area contributed by atoms with Crippen molar-refractivity contribution in [3.05, 3.63) is 79.9 Å². The molecule has 1 heterocycles. The van der Waals surface area contributed by atoms with E-state index in [0.29, 0.717) is 15.7 Å². The number of hydrogen-bond donors (Lipinski definition) is 2. The summed E-state index contributed by atoms with van der Waals surface area (Å²) in [6.45, 7) is 0. The number of halogens is 3. The second-order valence-electron chi connectivity index (χ2n) is 4.97. The molecule has 5 nitrogen and oxygen atoms in total. The SMILES string of the molecule is O=c1[nH]c(Nc2c(Cl)cccc2Cl)nnc1Cc1ccc(F)cc1. The van der Waals surface area contributed by atoms with Gasteiger partial charge in [0, 0.05) is 6.42 Å². The van der Waals surface area contributed by atoms with Gasteiger partial charge in [-0.05, 0) is 29.8 Å². The quantitative estimate of drug-likeness (QED) is 0.735. The molecule has 0 aliphatic heterocycles. The van der Waals surface area contributed by atoms with E-state index in [0.717, 1.165) is 5.56 Å². The fourth-order valence-electron chi connectivity index (χ4n) is 2.06. The topological polar surface area (TPSA) is 70.7 Å². The number of nitrogens with zero attached hydrogens (tertiary/aromatic N) is 2. The van der Waals surface area contributed by atoms with Gasteiger partial charge in [0.05, 0.1) is 15.7 Å². The molecule has 0 saturated carbocycles. The van der Waals surface area contributed by atoms with E-state index >= 15 is 0 Å². The number of benzene rings is 2. The van der Waals surface area contributed by atoms with Crippen LogP contribution in [0.3, 0.4) is 0 Å². The van der Waals surface area contributed by atoms with Crippen LogP contribution in [0.15, 0.2) is 47.3 Å². The van der Waals surface area contributed by atoms with Crippen LogP contribution < -0.4 is 10.9 Å². The third-order valence-corrected chi connectivity index (χ3v) is 3.89. The van der Waals surface area contributed by atoms with Gasteiger partial charge >= 0.3 is 0 Å². The number of aromatic amines is 1. The normalized spacial score (nSPS) is 10.6. The second kappa shape index (κ2) is 6.98. The molecule has 3 rings (SSSR count). The maximum atomic E-state index is 12.9. The van der Waals surface area contributed by atoms with Crippen LogP contribution in [-0.4, -0.2) is 15.2 Å². The van der Waals surface area contributed by atoms with Gasteiger partial charge in [0.15, 0.2) is 0 Å². The Kier molecular flexibility index (Phi) is 4.78. The molecule has 0 aliphatic rings. The average Bonchev–Trinajstić information content (AvgIpc) is 2.55. The van der Waals surface area contributed by atoms with E-state index in [1.54, 1.807) is 30.3 Å². The minimum atomic E-state index is -0.403. The van der Waals surface area contributed by atoms with Crippen LogP contribution in [0.5, 0.6) is 0 Å². The smallest absolute Gasteiger partial charge is 0.274 e. The Morgan fingerprint density at radius 2 is 1.71 bits per heavy atom. The molecular weight excluding hydrogens is 354 g/mol. The molecule has 3 aromatic rings. The summed E-state index contributed by atoms with van der Waals surface area (Å²) in [5.41, 5.74) is 1.00. The lowest BCUT2D eigenvalue weighted by atomic mass is 10.1. The molecule has 0 bridgehead atoms. The van der Waals surface area contributed by atoms with Crippen molar-refractivity contribution in [3.63, 3.8) is 0 Å². The molecule has 0 saturated heterocycles. The number of anilines is 2. The summed E-state index contributed by atoms with van der Waals surface area (Å²) in [6, 6.07) is 10.8. The molecular formula is C16H11Cl2FN4O. The molecule has 0 atom stereocenters. The molecule has 0 unspecified atom stereocenters. The zero-order valence-corrected chi connectivity index (χ0v) is 13.7. The molecule has 0 spiro atoms. The third kappa shape index (κ3) is 3.72. The maximum Gasteiger partial charge on any atom is 0.274 e. The van der Waals surface area contributed by atoms with Gasteiger partial charge < -0.3 is 5.32 Å². The number of H-pyrrole nitrogens is 1. The molecule has 122 valence electrons. The summed E-state index contributed by atoms with van der Waals surface area (Å²) < 4.78 is 12.9. The number of para-hydroxylation sites is 1. The molecule has 0 fully saturated rings. The summed E-state index contributed by atoms with van der Waals surface area (Å²) >= 11 is 12.1. The first-order valence-corrected chi connectivity index (χ1v) is 7.70. The first-order chi connectivity index (χ1) is 11.5. The highest BCUT2D eigenvalue weighted by atomic mass is 35.5. The molecule has 0 amide bonds. The van der Waals surface area contributed by atoms with Crippen LogP contribution in [0, 0.1) is 5.82 Å². The van der Waals surface area contributed by atoms with Gasteiger partial charge in [0.25, 0.3) is 5.56 Å². The van der Waals surface area contributed by atoms with Crippen molar-refractivity contribution >= 4 is 34.8 Å². The average molecular weight is 365 g/mol. The van der Waals surface area contributed by atoms with Crippen molar-refractivity contribution < 1.29 is 4.39 Å². The zero-order valence-electron chi connectivity index (χ0n) is 12.2. The van der Waals surface area contributed by atoms with Crippen LogP contribution in [0.1, 0.15) is 11.3 Å². The monoisotopic (exact) mass is 364 g/mol. The molecule has 8 heteroatoms. The van der Waals surface area contributed by atoms with Crippen molar-refractivity contribution in [2.24, 2.45) is 0 Å². The summed E-state index contributed by atoms with van der Waals surface area (Å²) in [7, 11) is 0. The van der Waals surface area contributed by atoms with Crippen LogP contribution >= 0.6 is 23.2 Å². The minimum Gasteiger partial charge on any atom is -0.322 e. The Labute approximate surface area is 146 Å². The van der Waals surface area contributed by atoms with Crippen molar-refractivity contribution in [2.75, 3.05) is 5.32 Å². The van der Waals surface area contributed by atoms with Crippen molar-refractivity contribution in [1.82, 2.24) is 15.2 Å². The Morgan fingerprint density at radius 1 is 1.04 bits per heavy atom. The molecule has 0 radical (unpaired) electrons. The van der Waals surface area contributed by atoms with Gasteiger partial charge in [0.2, 0.25) is 5.95 Å². The lowest BCUT2D eigenvalue weighted by molar-refractivity contribution is 0.627. The van der Waals surface area contributed by atoms with Gasteiger partial charge in [0.1, 0.15) is 11.5 Å².